The van der Waals surface area contributed by atoms with Gasteiger partial charge in [0.05, 0.1) is 11.5 Å². The maximum atomic E-state index is 10.1. The van der Waals surface area contributed by atoms with Gasteiger partial charge >= 0.3 is 5.97 Å². The highest BCUT2D eigenvalue weighted by molar-refractivity contribution is 7.80. The molecular formula is C5H9N2O2S. The lowest BCUT2D eigenvalue weighted by Crippen LogP contribution is -2.38. The van der Waals surface area contributed by atoms with Crippen molar-refractivity contribution in [2.24, 2.45) is 5.73 Å². The maximum Gasteiger partial charge on any atom is 0.322 e. The van der Waals surface area contributed by atoms with E-state index in [1.54, 1.807) is 6.92 Å². The van der Waals surface area contributed by atoms with Crippen LogP contribution in [-0.2, 0) is 4.79 Å². The van der Waals surface area contributed by atoms with Crippen molar-refractivity contribution in [3.05, 3.63) is 0 Å². The Kier molecular flexibility index (Phi) is 3.90. The number of nitrogens with two attached hydrogens (primary N) is 1. The minimum absolute atomic E-state index is 0.0602. The largest absolute Gasteiger partial charge is 0.480 e. The van der Waals surface area contributed by atoms with Gasteiger partial charge in [0.15, 0.2) is 0 Å². The second-order valence-corrected chi connectivity index (χ2v) is 2.40. The van der Waals surface area contributed by atoms with E-state index < -0.39 is 12.0 Å². The summed E-state index contributed by atoms with van der Waals surface area (Å²) in [6.45, 7) is 1.68. The van der Waals surface area contributed by atoms with Crippen LogP contribution in [0, 0.1) is 0 Å². The van der Waals surface area contributed by atoms with Crippen molar-refractivity contribution in [3.63, 3.8) is 0 Å². The van der Waals surface area contributed by atoms with E-state index in [0.29, 0.717) is 4.99 Å². The SMILES string of the molecule is CC(=S)[N]CC(N)C(=O)O. The molecule has 0 aliphatic heterocycles. The highest BCUT2D eigenvalue weighted by Gasteiger charge is 2.10. The minimum Gasteiger partial charge on any atom is -0.480 e. The van der Waals surface area contributed by atoms with Crippen LogP contribution in [0.3, 0.4) is 0 Å². The third-order valence-corrected chi connectivity index (χ3v) is 0.957. The van der Waals surface area contributed by atoms with Gasteiger partial charge in [0, 0.05) is 0 Å². The fraction of sp³-hybridized carbons (Fsp3) is 0.600. The number of carboxylic acids is 1. The Morgan fingerprint density at radius 3 is 2.70 bits per heavy atom. The van der Waals surface area contributed by atoms with Gasteiger partial charge < -0.3 is 10.8 Å². The molecule has 0 fully saturated rings. The van der Waals surface area contributed by atoms with Crippen LogP contribution in [0.5, 0.6) is 0 Å². The van der Waals surface area contributed by atoms with E-state index in [-0.39, 0.29) is 6.54 Å². The highest BCUT2D eigenvalue weighted by Crippen LogP contribution is 1.78. The number of rotatable bonds is 3. The molecule has 0 aromatic carbocycles. The molecule has 57 valence electrons. The fourth-order valence-corrected chi connectivity index (χ4v) is 0.380. The Balaban J connectivity index is 3.49. The van der Waals surface area contributed by atoms with Crippen LogP contribution in [-0.4, -0.2) is 28.7 Å². The molecule has 3 N–H and O–H groups in total. The molecule has 4 nitrogen and oxygen atoms in total. The molecule has 0 amide bonds. The first-order chi connectivity index (χ1) is 4.54. The number of hydrogen-bond acceptors (Lipinski definition) is 3. The van der Waals surface area contributed by atoms with E-state index in [9.17, 15) is 4.79 Å². The van der Waals surface area contributed by atoms with Crippen molar-refractivity contribution in [1.29, 1.82) is 0 Å². The topological polar surface area (TPSA) is 77.4 Å². The van der Waals surface area contributed by atoms with Crippen molar-refractivity contribution in [3.8, 4) is 0 Å². The van der Waals surface area contributed by atoms with Crippen LogP contribution in [0.1, 0.15) is 6.92 Å². The molecule has 0 spiro atoms. The van der Waals surface area contributed by atoms with Gasteiger partial charge in [-0.15, -0.1) is 0 Å². The number of carboxylic acid groups (broad SMARTS) is 1. The summed E-state index contributed by atoms with van der Waals surface area (Å²) >= 11 is 4.59. The molecule has 0 saturated heterocycles. The van der Waals surface area contributed by atoms with Crippen molar-refractivity contribution < 1.29 is 9.90 Å². The van der Waals surface area contributed by atoms with Gasteiger partial charge in [-0.25, -0.2) is 0 Å². The van der Waals surface area contributed by atoms with Gasteiger partial charge in [-0.05, 0) is 6.92 Å². The number of nitrogens with zero attached hydrogens (tertiary/aromatic N) is 1. The molecule has 5 heteroatoms. The molecule has 0 aromatic rings. The van der Waals surface area contributed by atoms with Gasteiger partial charge in [0.1, 0.15) is 6.04 Å². The van der Waals surface area contributed by atoms with E-state index in [1.165, 1.54) is 0 Å². The first-order valence-corrected chi connectivity index (χ1v) is 3.11. The predicted molar refractivity (Wildman–Crippen MR) is 40.9 cm³/mol. The molecule has 0 aromatic heterocycles. The minimum atomic E-state index is -1.06. The lowest BCUT2D eigenvalue weighted by Gasteiger charge is -2.03. The van der Waals surface area contributed by atoms with E-state index in [1.807, 2.05) is 0 Å². The van der Waals surface area contributed by atoms with Crippen LogP contribution in [0.15, 0.2) is 0 Å². The zero-order valence-corrected chi connectivity index (χ0v) is 6.39. The lowest BCUT2D eigenvalue weighted by atomic mass is 10.3. The average molecular weight is 161 g/mol. The highest BCUT2D eigenvalue weighted by atomic mass is 32.1. The monoisotopic (exact) mass is 161 g/mol. The molecule has 0 heterocycles. The smallest absolute Gasteiger partial charge is 0.322 e. The molecule has 0 bridgehead atoms. The van der Waals surface area contributed by atoms with Crippen LogP contribution >= 0.6 is 12.2 Å². The van der Waals surface area contributed by atoms with Gasteiger partial charge in [0.2, 0.25) is 0 Å². The fourth-order valence-electron chi connectivity index (χ4n) is 0.305. The molecule has 1 radical (unpaired) electrons. The Hall–Kier alpha value is -0.680. The zero-order chi connectivity index (χ0) is 8.15. The van der Waals surface area contributed by atoms with Crippen molar-refractivity contribution in [2.75, 3.05) is 6.54 Å². The summed E-state index contributed by atoms with van der Waals surface area (Å²) in [6.07, 6.45) is 0. The first kappa shape index (κ1) is 9.32. The molecule has 10 heavy (non-hydrogen) atoms. The van der Waals surface area contributed by atoms with E-state index in [2.05, 4.69) is 17.5 Å². The normalized spacial score (nSPS) is 12.2. The third-order valence-electron chi connectivity index (χ3n) is 0.828. The van der Waals surface area contributed by atoms with Gasteiger partial charge in [0.25, 0.3) is 0 Å². The van der Waals surface area contributed by atoms with Crippen LogP contribution in [0.25, 0.3) is 0 Å². The van der Waals surface area contributed by atoms with Crippen LogP contribution in [0.4, 0.5) is 0 Å². The molecule has 1 unspecified atom stereocenters. The molecule has 0 saturated carbocycles. The lowest BCUT2D eigenvalue weighted by molar-refractivity contribution is -0.138. The second-order valence-electron chi connectivity index (χ2n) is 1.80. The summed E-state index contributed by atoms with van der Waals surface area (Å²) in [6, 6.07) is -0.933. The third kappa shape index (κ3) is 4.22. The van der Waals surface area contributed by atoms with Crippen molar-refractivity contribution >= 4 is 23.2 Å². The zero-order valence-electron chi connectivity index (χ0n) is 5.57. The number of aliphatic carboxylic acids is 1. The summed E-state index contributed by atoms with van der Waals surface area (Å²) in [5.41, 5.74) is 5.11. The summed E-state index contributed by atoms with van der Waals surface area (Å²) in [5, 5.41) is 11.9. The average Bonchev–Trinajstić information content (AvgIpc) is 1.82. The van der Waals surface area contributed by atoms with E-state index in [0.717, 1.165) is 0 Å². The van der Waals surface area contributed by atoms with Gasteiger partial charge in [-0.1, -0.05) is 12.2 Å². The van der Waals surface area contributed by atoms with E-state index in [4.69, 9.17) is 10.8 Å². The quantitative estimate of drug-likeness (QED) is 0.539. The van der Waals surface area contributed by atoms with E-state index >= 15 is 0 Å². The van der Waals surface area contributed by atoms with Gasteiger partial charge in [-0.2, -0.15) is 0 Å². The Labute approximate surface area is 64.4 Å². The Bertz CT molecular complexity index is 149. The molecule has 0 aliphatic rings. The van der Waals surface area contributed by atoms with Crippen molar-refractivity contribution in [1.82, 2.24) is 5.32 Å². The summed E-state index contributed by atoms with van der Waals surface area (Å²) in [5.74, 6) is -1.06. The standard InChI is InChI=1S/C5H9N2O2S/c1-3(10)7-2-4(6)5(8)9/h4H,2,6H2,1H3,(H,8,9). The molecule has 0 rings (SSSR count). The Morgan fingerprint density at radius 2 is 2.40 bits per heavy atom. The van der Waals surface area contributed by atoms with Crippen LogP contribution in [0.2, 0.25) is 0 Å². The number of thiocarbonyl (C=S) groups is 1. The van der Waals surface area contributed by atoms with Crippen molar-refractivity contribution in [2.45, 2.75) is 13.0 Å². The molecular weight excluding hydrogens is 152 g/mol. The Morgan fingerprint density at radius 1 is 1.90 bits per heavy atom. The molecule has 0 aliphatic carbocycles. The molecule has 1 atom stereocenters. The summed E-state index contributed by atoms with van der Waals surface area (Å²) < 4.78 is 0. The number of hydrogen-bond donors (Lipinski definition) is 2. The van der Waals surface area contributed by atoms with Gasteiger partial charge in [-0.3, -0.25) is 10.1 Å². The predicted octanol–water partition coefficient (Wildman–Crippen LogP) is -0.650. The second kappa shape index (κ2) is 4.19. The summed E-state index contributed by atoms with van der Waals surface area (Å²) in [7, 11) is 0. The first-order valence-electron chi connectivity index (χ1n) is 2.70. The number of carbonyl (C=O) groups is 1. The van der Waals surface area contributed by atoms with Crippen LogP contribution < -0.4 is 11.1 Å². The summed E-state index contributed by atoms with van der Waals surface area (Å²) in [4.78, 5) is 10.5. The maximum absolute atomic E-state index is 10.1.